The predicted molar refractivity (Wildman–Crippen MR) is 150 cm³/mol. The summed E-state index contributed by atoms with van der Waals surface area (Å²) in [7, 11) is 2.74. The van der Waals surface area contributed by atoms with Gasteiger partial charge in [-0.1, -0.05) is 24.6 Å². The predicted octanol–water partition coefficient (Wildman–Crippen LogP) is 3.93. The van der Waals surface area contributed by atoms with Gasteiger partial charge in [0.25, 0.3) is 5.91 Å². The number of nitrogens with one attached hydrogen (secondary N) is 1. The molecular weight excluding hydrogens is 495 g/mol. The lowest BCUT2D eigenvalue weighted by molar-refractivity contribution is -0.119. The second-order valence-electron chi connectivity index (χ2n) is 10.7. The molecule has 9 heteroatoms. The number of hydrogen-bond acceptors (Lipinski definition) is 5. The molecule has 1 saturated heterocycles. The Kier molecular flexibility index (Phi) is 7.07. The number of carbonyl (C=O) groups is 2. The van der Waals surface area contributed by atoms with Gasteiger partial charge in [-0.15, -0.1) is 9.24 Å². The lowest BCUT2D eigenvalue weighted by atomic mass is 9.74. The van der Waals surface area contributed by atoms with E-state index >= 15 is 0 Å². The number of benzene rings is 1. The van der Waals surface area contributed by atoms with Crippen molar-refractivity contribution in [3.8, 4) is 6.07 Å². The Labute approximate surface area is 225 Å². The molecule has 1 aliphatic heterocycles. The summed E-state index contributed by atoms with van der Waals surface area (Å²) in [4.78, 5) is 31.9. The molecule has 0 radical (unpaired) electrons. The van der Waals surface area contributed by atoms with E-state index in [0.717, 1.165) is 46.8 Å². The van der Waals surface area contributed by atoms with Gasteiger partial charge in [0.05, 0.1) is 29.4 Å². The second-order valence-corrected chi connectivity index (χ2v) is 11.3. The van der Waals surface area contributed by atoms with E-state index in [9.17, 15) is 14.9 Å². The number of carbonyl (C=O) groups excluding carboxylic acids is 2. The van der Waals surface area contributed by atoms with Crippen LogP contribution in [0.1, 0.15) is 83.2 Å². The molecule has 1 aliphatic carbocycles. The van der Waals surface area contributed by atoms with Crippen LogP contribution in [0.15, 0.2) is 36.8 Å². The highest BCUT2D eigenvalue weighted by Gasteiger charge is 2.34. The lowest BCUT2D eigenvalue weighted by Crippen LogP contribution is -2.43. The highest BCUT2D eigenvalue weighted by molar-refractivity contribution is 7.28. The van der Waals surface area contributed by atoms with Crippen molar-refractivity contribution in [3.63, 3.8) is 0 Å². The number of nitriles is 1. The zero-order valence-corrected chi connectivity index (χ0v) is 23.4. The minimum atomic E-state index is -0.143. The number of pyridine rings is 1. The molecule has 0 spiro atoms. The average Bonchev–Trinajstić information content (AvgIpc) is 3.50. The number of hydrogen-bond donors (Lipinski definition) is 1. The van der Waals surface area contributed by atoms with Crippen LogP contribution in [0.2, 0.25) is 0 Å². The highest BCUT2D eigenvalue weighted by Crippen LogP contribution is 2.39. The normalized spacial score (nSPS) is 21.6. The maximum absolute atomic E-state index is 12.9. The van der Waals surface area contributed by atoms with Crippen molar-refractivity contribution in [3.05, 3.63) is 70.2 Å². The van der Waals surface area contributed by atoms with Crippen LogP contribution in [0.3, 0.4) is 0 Å². The van der Waals surface area contributed by atoms with Crippen molar-refractivity contribution in [2.45, 2.75) is 65.0 Å². The van der Waals surface area contributed by atoms with E-state index < -0.39 is 0 Å². The monoisotopic (exact) mass is 528 g/mol. The molecule has 196 valence electrons. The van der Waals surface area contributed by atoms with E-state index in [1.54, 1.807) is 22.0 Å². The summed E-state index contributed by atoms with van der Waals surface area (Å²) >= 11 is 0. The molecule has 2 amide bonds. The molecule has 0 bridgehead atoms. The fraction of sp³-hybridized carbons (Fsp3) is 0.414. The van der Waals surface area contributed by atoms with Crippen LogP contribution in [-0.4, -0.2) is 39.2 Å². The highest BCUT2D eigenvalue weighted by atomic mass is 31.0. The van der Waals surface area contributed by atoms with Crippen LogP contribution in [0.25, 0.3) is 0 Å². The van der Waals surface area contributed by atoms with Crippen LogP contribution in [0, 0.1) is 31.1 Å². The Hall–Kier alpha value is -3.56. The van der Waals surface area contributed by atoms with Gasteiger partial charge in [-0.2, -0.15) is 10.4 Å². The standard InChI is InChI=1S/C29H33N6O2P/c1-16-5-6-20(12-30)24(9-16)21-10-23(11-21)33-28(36)22-13-32-35(15-22)19(4)25-14-31-27(26(38)18(25)3)34-8-7-17(2)29(34)37/h5-6,9,13-15,17,19,21,23H,7-8,10-11,38H2,1-4H3,(H,33,36)/t17-,19?,21-,23+/m0/s1. The summed E-state index contributed by atoms with van der Waals surface area (Å²) in [6, 6.07) is 8.15. The largest absolute Gasteiger partial charge is 0.349 e. The van der Waals surface area contributed by atoms with Crippen LogP contribution in [0.5, 0.6) is 0 Å². The van der Waals surface area contributed by atoms with Crippen molar-refractivity contribution in [2.75, 3.05) is 11.4 Å². The van der Waals surface area contributed by atoms with Gasteiger partial charge in [-0.25, -0.2) is 4.98 Å². The maximum Gasteiger partial charge on any atom is 0.254 e. The Morgan fingerprint density at radius 3 is 2.71 bits per heavy atom. The number of aryl methyl sites for hydroxylation is 1. The minimum Gasteiger partial charge on any atom is -0.349 e. The third kappa shape index (κ3) is 4.72. The molecule has 38 heavy (non-hydrogen) atoms. The first-order chi connectivity index (χ1) is 18.2. The van der Waals surface area contributed by atoms with Gasteiger partial charge in [0, 0.05) is 36.2 Å². The van der Waals surface area contributed by atoms with E-state index in [1.807, 2.05) is 46.0 Å². The number of nitrogens with zero attached hydrogens (tertiary/aromatic N) is 5. The van der Waals surface area contributed by atoms with Gasteiger partial charge in [0.1, 0.15) is 5.82 Å². The zero-order chi connectivity index (χ0) is 27.1. The molecule has 2 aliphatic rings. The van der Waals surface area contributed by atoms with Gasteiger partial charge < -0.3 is 5.32 Å². The topological polar surface area (TPSA) is 104 Å². The van der Waals surface area contributed by atoms with Crippen molar-refractivity contribution in [2.24, 2.45) is 5.92 Å². The van der Waals surface area contributed by atoms with Crippen molar-refractivity contribution >= 4 is 32.2 Å². The SMILES string of the molecule is Cc1ccc(C#N)c([C@H]2C[C@@H](NC(=O)c3cnn(C(C)c4cnc(N5CC[C@H](C)C5=O)c(P)c4C)c3)C2)c1. The van der Waals surface area contributed by atoms with Gasteiger partial charge in [0.15, 0.2) is 0 Å². The first-order valence-corrected chi connectivity index (χ1v) is 13.7. The molecule has 1 aromatic carbocycles. The average molecular weight is 529 g/mol. The summed E-state index contributed by atoms with van der Waals surface area (Å²) in [5.41, 5.74) is 5.47. The van der Waals surface area contributed by atoms with Gasteiger partial charge in [-0.3, -0.25) is 19.2 Å². The minimum absolute atomic E-state index is 0.0251. The maximum atomic E-state index is 12.9. The third-order valence-corrected chi connectivity index (χ3v) is 8.78. The Morgan fingerprint density at radius 1 is 1.26 bits per heavy atom. The third-order valence-electron chi connectivity index (χ3n) is 8.08. The van der Waals surface area contributed by atoms with Crippen LogP contribution >= 0.6 is 9.24 Å². The molecular formula is C29H33N6O2P. The van der Waals surface area contributed by atoms with Crippen molar-refractivity contribution < 1.29 is 9.59 Å². The molecule has 2 aromatic heterocycles. The summed E-state index contributed by atoms with van der Waals surface area (Å²) in [5.74, 6) is 0.986. The van der Waals surface area contributed by atoms with E-state index in [4.69, 9.17) is 0 Å². The number of amides is 2. The quantitative estimate of drug-likeness (QED) is 0.489. The molecule has 1 N–H and O–H groups in total. The smallest absolute Gasteiger partial charge is 0.254 e. The van der Waals surface area contributed by atoms with Gasteiger partial charge in [-0.05, 0) is 68.7 Å². The van der Waals surface area contributed by atoms with Gasteiger partial charge >= 0.3 is 0 Å². The summed E-state index contributed by atoms with van der Waals surface area (Å²) in [6.07, 6.45) is 7.66. The summed E-state index contributed by atoms with van der Waals surface area (Å²) in [6.45, 7) is 8.72. The fourth-order valence-electron chi connectivity index (χ4n) is 5.48. The van der Waals surface area contributed by atoms with Gasteiger partial charge in [0.2, 0.25) is 5.91 Å². The zero-order valence-electron chi connectivity index (χ0n) is 22.2. The number of aromatic nitrogens is 3. The van der Waals surface area contributed by atoms with Crippen LogP contribution in [0.4, 0.5) is 5.82 Å². The molecule has 2 fully saturated rings. The molecule has 2 unspecified atom stereocenters. The summed E-state index contributed by atoms with van der Waals surface area (Å²) in [5, 5.41) is 17.9. The first kappa shape index (κ1) is 26.1. The molecule has 3 atom stereocenters. The molecule has 1 saturated carbocycles. The first-order valence-electron chi connectivity index (χ1n) is 13.1. The summed E-state index contributed by atoms with van der Waals surface area (Å²) < 4.78 is 1.78. The van der Waals surface area contributed by atoms with Crippen molar-refractivity contribution in [1.82, 2.24) is 20.1 Å². The lowest BCUT2D eigenvalue weighted by Gasteiger charge is -2.36. The van der Waals surface area contributed by atoms with Crippen molar-refractivity contribution in [1.29, 1.82) is 5.26 Å². The molecule has 5 rings (SSSR count). The molecule has 8 nitrogen and oxygen atoms in total. The number of rotatable bonds is 6. The van der Waals surface area contributed by atoms with E-state index in [-0.39, 0.29) is 35.7 Å². The van der Waals surface area contributed by atoms with E-state index in [1.165, 1.54) is 0 Å². The Morgan fingerprint density at radius 2 is 2.03 bits per heavy atom. The Balaban J connectivity index is 1.24. The van der Waals surface area contributed by atoms with Crippen LogP contribution < -0.4 is 15.5 Å². The fourth-order valence-corrected chi connectivity index (χ4v) is 5.88. The second kappa shape index (κ2) is 10.3. The van der Waals surface area contributed by atoms with E-state index in [0.29, 0.717) is 23.5 Å². The molecule has 3 heterocycles. The Bertz CT molecular complexity index is 1450. The van der Waals surface area contributed by atoms with E-state index in [2.05, 4.69) is 36.8 Å². The molecule has 3 aromatic rings. The number of anilines is 1. The van der Waals surface area contributed by atoms with Crippen LogP contribution in [-0.2, 0) is 4.79 Å².